The number of nitrogens with two attached hydrogens (primary N) is 1. The van der Waals surface area contributed by atoms with Crippen LogP contribution >= 0.6 is 0 Å². The van der Waals surface area contributed by atoms with Crippen molar-refractivity contribution in [1.82, 2.24) is 9.88 Å². The highest BCUT2D eigenvalue weighted by Gasteiger charge is 2.22. The zero-order chi connectivity index (χ0) is 13.8. The molecule has 0 radical (unpaired) electrons. The maximum atomic E-state index is 8.98. The summed E-state index contributed by atoms with van der Waals surface area (Å²) in [5.74, 6) is 0.834. The van der Waals surface area contributed by atoms with Gasteiger partial charge in [-0.1, -0.05) is 6.92 Å². The van der Waals surface area contributed by atoms with Gasteiger partial charge in [0.15, 0.2) is 5.69 Å². The molecule has 1 aromatic heterocycles. The molecule has 0 amide bonds. The molecule has 0 aliphatic carbocycles. The van der Waals surface area contributed by atoms with Gasteiger partial charge in [-0.3, -0.25) is 0 Å². The summed E-state index contributed by atoms with van der Waals surface area (Å²) in [5.41, 5.74) is 6.46. The third-order valence-electron chi connectivity index (χ3n) is 3.93. The molecule has 2 heterocycles. The monoisotopic (exact) mass is 259 g/mol. The smallest absolute Gasteiger partial charge is 0.165 e. The first-order valence-corrected chi connectivity index (χ1v) is 6.77. The molecule has 5 heteroatoms. The Morgan fingerprint density at radius 2 is 2.16 bits per heavy atom. The number of hydrogen-bond acceptors (Lipinski definition) is 5. The molecule has 0 aromatic carbocycles. The Kier molecular flexibility index (Phi) is 4.23. The molecular weight excluding hydrogens is 238 g/mol. The predicted octanol–water partition coefficient (Wildman–Crippen LogP) is 1.46. The standard InChI is InChI=1S/C14H21N5/c1-3-19-8-6-11(7-9-19)18(2)14-5-4-12(16)13(10-15)17-14/h4-5,11H,3,6-9,16H2,1-2H3. The number of hydrogen-bond donors (Lipinski definition) is 1. The SMILES string of the molecule is CCN1CCC(N(C)c2ccc(N)c(C#N)n2)CC1. The van der Waals surface area contributed by atoms with Crippen LogP contribution in [0.5, 0.6) is 0 Å². The molecule has 5 nitrogen and oxygen atoms in total. The first-order valence-electron chi connectivity index (χ1n) is 6.77. The first kappa shape index (κ1) is 13.6. The molecule has 1 aliphatic heterocycles. The van der Waals surface area contributed by atoms with Gasteiger partial charge in [-0.2, -0.15) is 5.26 Å². The summed E-state index contributed by atoms with van der Waals surface area (Å²) in [7, 11) is 2.05. The molecular formula is C14H21N5. The van der Waals surface area contributed by atoms with Crippen LogP contribution in [0.3, 0.4) is 0 Å². The topological polar surface area (TPSA) is 69.2 Å². The van der Waals surface area contributed by atoms with Crippen molar-refractivity contribution in [2.45, 2.75) is 25.8 Å². The Morgan fingerprint density at radius 1 is 1.47 bits per heavy atom. The zero-order valence-electron chi connectivity index (χ0n) is 11.6. The summed E-state index contributed by atoms with van der Waals surface area (Å²) in [6.45, 7) is 5.58. The minimum atomic E-state index is 0.315. The Bertz CT molecular complexity index is 471. The largest absolute Gasteiger partial charge is 0.396 e. The summed E-state index contributed by atoms with van der Waals surface area (Å²) in [4.78, 5) is 8.96. The number of nitrogen functional groups attached to an aromatic ring is 1. The van der Waals surface area contributed by atoms with Crippen LogP contribution in [0.1, 0.15) is 25.5 Å². The highest BCUT2D eigenvalue weighted by atomic mass is 15.2. The lowest BCUT2D eigenvalue weighted by molar-refractivity contribution is 0.220. The molecule has 102 valence electrons. The maximum absolute atomic E-state index is 8.98. The second-order valence-corrected chi connectivity index (χ2v) is 5.00. The number of pyridine rings is 1. The number of anilines is 2. The first-order chi connectivity index (χ1) is 9.15. The van der Waals surface area contributed by atoms with Gasteiger partial charge in [-0.15, -0.1) is 0 Å². The van der Waals surface area contributed by atoms with E-state index in [0.717, 1.165) is 38.3 Å². The maximum Gasteiger partial charge on any atom is 0.165 e. The fourth-order valence-electron chi connectivity index (χ4n) is 2.56. The number of nitriles is 1. The molecule has 2 rings (SSSR count). The Hall–Kier alpha value is -1.80. The highest BCUT2D eigenvalue weighted by molar-refractivity contribution is 5.55. The molecule has 0 unspecified atom stereocenters. The minimum Gasteiger partial charge on any atom is -0.396 e. The van der Waals surface area contributed by atoms with E-state index in [0.29, 0.717) is 17.4 Å². The van der Waals surface area contributed by atoms with Crippen molar-refractivity contribution in [2.75, 3.05) is 37.3 Å². The van der Waals surface area contributed by atoms with Crippen molar-refractivity contribution in [3.63, 3.8) is 0 Å². The highest BCUT2D eigenvalue weighted by Crippen LogP contribution is 2.22. The van der Waals surface area contributed by atoms with Crippen molar-refractivity contribution in [1.29, 1.82) is 5.26 Å². The van der Waals surface area contributed by atoms with Crippen LogP contribution in [-0.2, 0) is 0 Å². The number of rotatable bonds is 3. The van der Waals surface area contributed by atoms with E-state index in [9.17, 15) is 0 Å². The van der Waals surface area contributed by atoms with E-state index in [-0.39, 0.29) is 0 Å². The summed E-state index contributed by atoms with van der Waals surface area (Å²) < 4.78 is 0. The predicted molar refractivity (Wildman–Crippen MR) is 76.9 cm³/mol. The number of nitrogens with zero attached hydrogens (tertiary/aromatic N) is 4. The van der Waals surface area contributed by atoms with Gasteiger partial charge in [0.25, 0.3) is 0 Å². The zero-order valence-corrected chi connectivity index (χ0v) is 11.6. The van der Waals surface area contributed by atoms with Gasteiger partial charge in [0, 0.05) is 26.2 Å². The van der Waals surface area contributed by atoms with Crippen LogP contribution in [0, 0.1) is 11.3 Å². The molecule has 1 aromatic rings. The van der Waals surface area contributed by atoms with Gasteiger partial charge in [0.2, 0.25) is 0 Å². The van der Waals surface area contributed by atoms with Crippen LogP contribution in [0.15, 0.2) is 12.1 Å². The van der Waals surface area contributed by atoms with E-state index in [1.807, 2.05) is 19.2 Å². The average Bonchev–Trinajstić information content (AvgIpc) is 2.47. The van der Waals surface area contributed by atoms with Crippen molar-refractivity contribution < 1.29 is 0 Å². The lowest BCUT2D eigenvalue weighted by Crippen LogP contribution is -2.43. The number of aromatic nitrogens is 1. The van der Waals surface area contributed by atoms with Crippen molar-refractivity contribution >= 4 is 11.5 Å². The van der Waals surface area contributed by atoms with E-state index >= 15 is 0 Å². The van der Waals surface area contributed by atoms with Gasteiger partial charge in [-0.25, -0.2) is 4.98 Å². The lowest BCUT2D eigenvalue weighted by atomic mass is 10.0. The minimum absolute atomic E-state index is 0.315. The van der Waals surface area contributed by atoms with E-state index < -0.39 is 0 Å². The average molecular weight is 259 g/mol. The molecule has 0 atom stereocenters. The number of piperidine rings is 1. The summed E-state index contributed by atoms with van der Waals surface area (Å²) in [6, 6.07) is 6.18. The molecule has 1 fully saturated rings. The Morgan fingerprint density at radius 3 is 2.74 bits per heavy atom. The van der Waals surface area contributed by atoms with Crippen molar-refractivity contribution in [2.24, 2.45) is 0 Å². The summed E-state index contributed by atoms with van der Waals surface area (Å²) >= 11 is 0. The van der Waals surface area contributed by atoms with Crippen LogP contribution in [-0.4, -0.2) is 42.6 Å². The molecule has 2 N–H and O–H groups in total. The van der Waals surface area contributed by atoms with Gasteiger partial charge in [-0.05, 0) is 31.5 Å². The molecule has 1 aliphatic rings. The van der Waals surface area contributed by atoms with Crippen molar-refractivity contribution in [3.05, 3.63) is 17.8 Å². The fraction of sp³-hybridized carbons (Fsp3) is 0.571. The van der Waals surface area contributed by atoms with E-state index in [2.05, 4.69) is 21.7 Å². The Balaban J connectivity index is 2.08. The summed E-state index contributed by atoms with van der Waals surface area (Å²) in [5, 5.41) is 8.98. The third kappa shape index (κ3) is 2.96. The quantitative estimate of drug-likeness (QED) is 0.890. The van der Waals surface area contributed by atoms with E-state index in [1.165, 1.54) is 0 Å². The van der Waals surface area contributed by atoms with Crippen LogP contribution in [0.2, 0.25) is 0 Å². The summed E-state index contributed by atoms with van der Waals surface area (Å²) in [6.07, 6.45) is 2.27. The molecule has 19 heavy (non-hydrogen) atoms. The lowest BCUT2D eigenvalue weighted by Gasteiger charge is -2.36. The third-order valence-corrected chi connectivity index (χ3v) is 3.93. The molecule has 0 bridgehead atoms. The van der Waals surface area contributed by atoms with E-state index in [1.54, 1.807) is 6.07 Å². The van der Waals surface area contributed by atoms with Crippen LogP contribution in [0.25, 0.3) is 0 Å². The van der Waals surface area contributed by atoms with Gasteiger partial charge in [0.1, 0.15) is 11.9 Å². The number of likely N-dealkylation sites (tertiary alicyclic amines) is 1. The molecule has 1 saturated heterocycles. The molecule has 0 saturated carbocycles. The van der Waals surface area contributed by atoms with Gasteiger partial charge in [0.05, 0.1) is 5.69 Å². The van der Waals surface area contributed by atoms with E-state index in [4.69, 9.17) is 11.0 Å². The normalized spacial score (nSPS) is 17.1. The second-order valence-electron chi connectivity index (χ2n) is 5.00. The molecule has 0 spiro atoms. The second kappa shape index (κ2) is 5.89. The van der Waals surface area contributed by atoms with Gasteiger partial charge < -0.3 is 15.5 Å². The van der Waals surface area contributed by atoms with Crippen molar-refractivity contribution in [3.8, 4) is 6.07 Å². The van der Waals surface area contributed by atoms with Crippen LogP contribution < -0.4 is 10.6 Å². The van der Waals surface area contributed by atoms with Gasteiger partial charge >= 0.3 is 0 Å². The van der Waals surface area contributed by atoms with Crippen LogP contribution in [0.4, 0.5) is 11.5 Å². The fourth-order valence-corrected chi connectivity index (χ4v) is 2.56. The Labute approximate surface area is 114 Å².